The fourth-order valence-corrected chi connectivity index (χ4v) is 3.67. The average Bonchev–Trinajstić information content (AvgIpc) is 2.74. The molecule has 4 rings (SSSR count). The van der Waals surface area contributed by atoms with Crippen LogP contribution in [0.2, 0.25) is 0 Å². The number of nitriles is 1. The normalized spacial score (nSPS) is 19.0. The summed E-state index contributed by atoms with van der Waals surface area (Å²) < 4.78 is 5.85. The van der Waals surface area contributed by atoms with E-state index in [1.54, 1.807) is 11.0 Å². The molecule has 1 aliphatic rings. The maximum Gasteiger partial charge on any atom is 0.415 e. The second-order valence-electron chi connectivity index (χ2n) is 7.04. The number of hydrogen-bond acceptors (Lipinski definition) is 3. The molecular weight excluding hydrogens is 348 g/mol. The molecule has 4 heteroatoms. The third-order valence-electron chi connectivity index (χ3n) is 5.26. The predicted octanol–water partition coefficient (Wildman–Crippen LogP) is 5.49. The number of ether oxygens (including phenoxy) is 1. The molecule has 1 atom stereocenters. The number of amides is 1. The van der Waals surface area contributed by atoms with Crippen molar-refractivity contribution in [2.45, 2.75) is 18.9 Å². The van der Waals surface area contributed by atoms with Crippen LogP contribution in [-0.2, 0) is 10.3 Å². The third-order valence-corrected chi connectivity index (χ3v) is 5.26. The monoisotopic (exact) mass is 368 g/mol. The van der Waals surface area contributed by atoms with Crippen LogP contribution in [0.1, 0.15) is 24.5 Å². The van der Waals surface area contributed by atoms with Crippen molar-refractivity contribution in [3.63, 3.8) is 0 Å². The number of hydrogen-bond donors (Lipinski definition) is 0. The zero-order valence-corrected chi connectivity index (χ0v) is 15.6. The van der Waals surface area contributed by atoms with E-state index in [2.05, 4.69) is 6.07 Å². The first kappa shape index (κ1) is 17.8. The van der Waals surface area contributed by atoms with Gasteiger partial charge in [0.2, 0.25) is 0 Å². The molecule has 4 nitrogen and oxygen atoms in total. The molecule has 28 heavy (non-hydrogen) atoms. The van der Waals surface area contributed by atoms with Crippen LogP contribution < -0.4 is 4.90 Å². The molecule has 1 unspecified atom stereocenters. The van der Waals surface area contributed by atoms with Gasteiger partial charge in [-0.3, -0.25) is 4.90 Å². The Morgan fingerprint density at radius 1 is 0.964 bits per heavy atom. The summed E-state index contributed by atoms with van der Waals surface area (Å²) in [5.74, 6) is 0. The summed E-state index contributed by atoms with van der Waals surface area (Å²) >= 11 is 0. The Hall–Kier alpha value is -3.58. The highest BCUT2D eigenvalue weighted by atomic mass is 16.6. The van der Waals surface area contributed by atoms with Crippen molar-refractivity contribution in [2.24, 2.45) is 0 Å². The third kappa shape index (κ3) is 3.12. The van der Waals surface area contributed by atoms with Gasteiger partial charge in [0.1, 0.15) is 11.7 Å². The molecule has 0 bridgehead atoms. The fourth-order valence-electron chi connectivity index (χ4n) is 3.67. The Bertz CT molecular complexity index is 1040. The highest BCUT2D eigenvalue weighted by Gasteiger charge is 2.39. The number of anilines is 1. The van der Waals surface area contributed by atoms with Gasteiger partial charge in [0.05, 0.1) is 11.3 Å². The Morgan fingerprint density at radius 2 is 1.64 bits per heavy atom. The maximum absolute atomic E-state index is 12.9. The molecule has 1 amide bonds. The minimum atomic E-state index is -0.668. The van der Waals surface area contributed by atoms with E-state index in [0.29, 0.717) is 24.2 Å². The second kappa shape index (κ2) is 7.21. The Labute approximate surface area is 164 Å². The van der Waals surface area contributed by atoms with E-state index in [4.69, 9.17) is 4.74 Å². The summed E-state index contributed by atoms with van der Waals surface area (Å²) in [6.07, 6.45) is 0.211. The molecule has 0 N–H and O–H groups in total. The first-order valence-corrected chi connectivity index (χ1v) is 9.27. The van der Waals surface area contributed by atoms with Crippen molar-refractivity contribution in [3.8, 4) is 17.2 Å². The average molecular weight is 368 g/mol. The lowest BCUT2D eigenvalue weighted by Gasteiger charge is -2.39. The minimum absolute atomic E-state index is 0.431. The van der Waals surface area contributed by atoms with Crippen molar-refractivity contribution in [1.82, 2.24) is 0 Å². The summed E-state index contributed by atoms with van der Waals surface area (Å²) in [4.78, 5) is 14.5. The van der Waals surface area contributed by atoms with E-state index >= 15 is 0 Å². The van der Waals surface area contributed by atoms with Crippen molar-refractivity contribution in [2.75, 3.05) is 11.4 Å². The van der Waals surface area contributed by atoms with Gasteiger partial charge in [-0.05, 0) is 24.1 Å². The van der Waals surface area contributed by atoms with E-state index in [1.807, 2.05) is 79.7 Å². The summed E-state index contributed by atoms with van der Waals surface area (Å²) in [6.45, 7) is 2.42. The Morgan fingerprint density at radius 3 is 2.29 bits per heavy atom. The van der Waals surface area contributed by atoms with Crippen LogP contribution in [0.5, 0.6) is 0 Å². The highest BCUT2D eigenvalue weighted by molar-refractivity contribution is 5.93. The van der Waals surface area contributed by atoms with Gasteiger partial charge in [0.25, 0.3) is 0 Å². The molecule has 0 spiro atoms. The molecule has 0 radical (unpaired) electrons. The zero-order valence-electron chi connectivity index (χ0n) is 15.6. The number of carbonyl (C=O) groups excluding carboxylic acids is 1. The van der Waals surface area contributed by atoms with Gasteiger partial charge < -0.3 is 4.74 Å². The largest absolute Gasteiger partial charge is 0.438 e. The van der Waals surface area contributed by atoms with Crippen LogP contribution in [-0.4, -0.2) is 12.6 Å². The first-order chi connectivity index (χ1) is 13.6. The molecule has 138 valence electrons. The molecule has 0 aromatic heterocycles. The Kier molecular flexibility index (Phi) is 4.58. The molecule has 1 aliphatic heterocycles. The predicted molar refractivity (Wildman–Crippen MR) is 109 cm³/mol. The number of carbonyl (C=O) groups is 1. The van der Waals surface area contributed by atoms with Crippen LogP contribution in [0, 0.1) is 11.3 Å². The van der Waals surface area contributed by atoms with Gasteiger partial charge in [-0.15, -0.1) is 0 Å². The molecule has 1 heterocycles. The quantitative estimate of drug-likeness (QED) is 0.614. The second-order valence-corrected chi connectivity index (χ2v) is 7.04. The number of nitrogens with zero attached hydrogens (tertiary/aromatic N) is 2. The van der Waals surface area contributed by atoms with Gasteiger partial charge in [-0.1, -0.05) is 72.8 Å². The lowest BCUT2D eigenvalue weighted by atomic mass is 9.90. The van der Waals surface area contributed by atoms with E-state index in [1.165, 1.54) is 0 Å². The first-order valence-electron chi connectivity index (χ1n) is 9.27. The van der Waals surface area contributed by atoms with E-state index in [0.717, 1.165) is 16.7 Å². The lowest BCUT2D eigenvalue weighted by molar-refractivity contribution is 0.00581. The maximum atomic E-state index is 12.9. The van der Waals surface area contributed by atoms with Crippen molar-refractivity contribution < 1.29 is 9.53 Å². The molecular formula is C24H20N2O2. The van der Waals surface area contributed by atoms with E-state index < -0.39 is 11.7 Å². The van der Waals surface area contributed by atoms with Crippen LogP contribution >= 0.6 is 0 Å². The molecule has 1 saturated heterocycles. The van der Waals surface area contributed by atoms with E-state index in [-0.39, 0.29) is 0 Å². The molecule has 3 aromatic carbocycles. The molecule has 1 fully saturated rings. The Balaban J connectivity index is 1.68. The number of rotatable bonds is 3. The topological polar surface area (TPSA) is 53.3 Å². The molecule has 0 aliphatic carbocycles. The molecule has 3 aromatic rings. The van der Waals surface area contributed by atoms with Crippen LogP contribution in [0.3, 0.4) is 0 Å². The molecule has 0 saturated carbocycles. The van der Waals surface area contributed by atoms with Crippen LogP contribution in [0.4, 0.5) is 10.5 Å². The number of cyclic esters (lactones) is 1. The zero-order chi connectivity index (χ0) is 19.6. The van der Waals surface area contributed by atoms with Gasteiger partial charge in [-0.2, -0.15) is 5.26 Å². The SMILES string of the molecule is CC1(c2ccccc2)CCN(c2cccc(-c3ccccc3)c2C#N)C(=O)O1. The van der Waals surface area contributed by atoms with Crippen LogP contribution in [0.15, 0.2) is 78.9 Å². The van der Waals surface area contributed by atoms with Gasteiger partial charge in [0.15, 0.2) is 0 Å². The van der Waals surface area contributed by atoms with Crippen LogP contribution in [0.25, 0.3) is 11.1 Å². The van der Waals surface area contributed by atoms with E-state index in [9.17, 15) is 10.1 Å². The van der Waals surface area contributed by atoms with Gasteiger partial charge in [-0.25, -0.2) is 4.79 Å². The summed E-state index contributed by atoms with van der Waals surface area (Å²) in [5.41, 5.74) is 3.13. The number of benzene rings is 3. The smallest absolute Gasteiger partial charge is 0.415 e. The lowest BCUT2D eigenvalue weighted by Crippen LogP contribution is -2.47. The summed E-state index contributed by atoms with van der Waals surface area (Å²) in [7, 11) is 0. The van der Waals surface area contributed by atoms with Crippen molar-refractivity contribution >= 4 is 11.8 Å². The van der Waals surface area contributed by atoms with Gasteiger partial charge in [0, 0.05) is 18.5 Å². The standard InChI is InChI=1S/C24H20N2O2/c1-24(19-11-6-3-7-12-19)15-16-26(23(27)28-24)22-14-8-13-20(21(22)17-25)18-9-4-2-5-10-18/h2-14H,15-16H2,1H3. The summed E-state index contributed by atoms with van der Waals surface area (Å²) in [5, 5.41) is 9.83. The highest BCUT2D eigenvalue weighted by Crippen LogP contribution is 2.38. The summed E-state index contributed by atoms with van der Waals surface area (Å²) in [6, 6.07) is 27.4. The van der Waals surface area contributed by atoms with Crippen molar-refractivity contribution in [3.05, 3.63) is 90.0 Å². The minimum Gasteiger partial charge on any atom is -0.438 e. The van der Waals surface area contributed by atoms with Crippen molar-refractivity contribution in [1.29, 1.82) is 5.26 Å². The van der Waals surface area contributed by atoms with Gasteiger partial charge >= 0.3 is 6.09 Å². The fraction of sp³-hybridized carbons (Fsp3) is 0.167.